The standard InChI is InChI=1S/C22H26FN5O2/c23-16-3-5-17(6-4-16)26-9-11-27(12-10-26)22(24)25-7-8-28-20(29)18-14-1-2-15(13-14)19(18)21(28)30/h1-6,14-15,18-19H,7-13H2,(H2,24,25). The summed E-state index contributed by atoms with van der Waals surface area (Å²) in [5, 5.41) is 0. The second-order valence-electron chi connectivity index (χ2n) is 8.52. The highest BCUT2D eigenvalue weighted by Crippen LogP contribution is 2.52. The molecule has 3 fully saturated rings. The highest BCUT2D eigenvalue weighted by atomic mass is 19.1. The second kappa shape index (κ2) is 7.41. The quantitative estimate of drug-likeness (QED) is 0.347. The Bertz CT molecular complexity index is 877. The maximum Gasteiger partial charge on any atom is 0.233 e. The Kier molecular flexibility index (Phi) is 4.72. The van der Waals surface area contributed by atoms with Crippen LogP contribution in [0.3, 0.4) is 0 Å². The number of fused-ring (bicyclic) bond motifs is 5. The molecule has 0 spiro atoms. The van der Waals surface area contributed by atoms with Crippen LogP contribution < -0.4 is 10.6 Å². The molecular formula is C22H26FN5O2. The lowest BCUT2D eigenvalue weighted by molar-refractivity contribution is -0.140. The first-order valence-corrected chi connectivity index (χ1v) is 10.6. The van der Waals surface area contributed by atoms with Crippen LogP contribution in [-0.4, -0.2) is 66.8 Å². The third kappa shape index (κ3) is 3.14. The normalized spacial score (nSPS) is 30.6. The molecule has 158 valence electrons. The number of nitrogens with zero attached hydrogens (tertiary/aromatic N) is 4. The Balaban J connectivity index is 1.13. The number of piperazine rings is 1. The minimum Gasteiger partial charge on any atom is -0.370 e. The fourth-order valence-corrected chi connectivity index (χ4v) is 5.39. The number of likely N-dealkylation sites (tertiary alicyclic amines) is 1. The summed E-state index contributed by atoms with van der Waals surface area (Å²) in [5.41, 5.74) is 7.15. The molecule has 8 heteroatoms. The van der Waals surface area contributed by atoms with Crippen molar-refractivity contribution in [3.63, 3.8) is 0 Å². The molecule has 7 nitrogen and oxygen atoms in total. The predicted octanol–water partition coefficient (Wildman–Crippen LogP) is 1.07. The number of amides is 2. The Hall–Kier alpha value is -2.90. The molecule has 2 N–H and O–H groups in total. The number of halogens is 1. The zero-order valence-electron chi connectivity index (χ0n) is 16.8. The van der Waals surface area contributed by atoms with Crippen LogP contribution in [0.4, 0.5) is 10.1 Å². The van der Waals surface area contributed by atoms with Crippen molar-refractivity contribution in [2.24, 2.45) is 34.4 Å². The largest absolute Gasteiger partial charge is 0.370 e. The average molecular weight is 411 g/mol. The van der Waals surface area contributed by atoms with Crippen molar-refractivity contribution >= 4 is 23.5 Å². The van der Waals surface area contributed by atoms with Crippen LogP contribution in [0.1, 0.15) is 6.42 Å². The van der Waals surface area contributed by atoms with Crippen LogP contribution in [0.2, 0.25) is 0 Å². The monoisotopic (exact) mass is 411 g/mol. The summed E-state index contributed by atoms with van der Waals surface area (Å²) in [6, 6.07) is 6.50. The van der Waals surface area contributed by atoms with Crippen LogP contribution >= 0.6 is 0 Å². The molecule has 1 aromatic rings. The van der Waals surface area contributed by atoms with Gasteiger partial charge in [-0.15, -0.1) is 0 Å². The smallest absolute Gasteiger partial charge is 0.233 e. The number of hydrogen-bond acceptors (Lipinski definition) is 4. The van der Waals surface area contributed by atoms with E-state index in [2.05, 4.69) is 22.0 Å². The molecule has 4 aliphatic rings. The molecule has 2 amide bonds. The number of carbonyl (C=O) groups is 2. The molecular weight excluding hydrogens is 385 g/mol. The van der Waals surface area contributed by atoms with Gasteiger partial charge in [-0.25, -0.2) is 4.39 Å². The molecule has 4 unspecified atom stereocenters. The van der Waals surface area contributed by atoms with E-state index in [1.165, 1.54) is 17.0 Å². The van der Waals surface area contributed by atoms with E-state index in [0.717, 1.165) is 25.2 Å². The zero-order chi connectivity index (χ0) is 20.8. The summed E-state index contributed by atoms with van der Waals surface area (Å²) in [7, 11) is 0. The van der Waals surface area contributed by atoms with E-state index < -0.39 is 0 Å². The number of benzene rings is 1. The Labute approximate surface area is 175 Å². The molecule has 1 aromatic carbocycles. The summed E-state index contributed by atoms with van der Waals surface area (Å²) in [6.45, 7) is 3.58. The van der Waals surface area contributed by atoms with Gasteiger partial charge >= 0.3 is 0 Å². The lowest BCUT2D eigenvalue weighted by atomic mass is 9.85. The fraction of sp³-hybridized carbons (Fsp3) is 0.500. The van der Waals surface area contributed by atoms with Crippen LogP contribution in [0.15, 0.2) is 41.4 Å². The molecule has 0 aromatic heterocycles. The van der Waals surface area contributed by atoms with E-state index in [9.17, 15) is 14.0 Å². The molecule has 2 aliphatic heterocycles. The van der Waals surface area contributed by atoms with Crippen molar-refractivity contribution in [3.05, 3.63) is 42.2 Å². The van der Waals surface area contributed by atoms with Gasteiger partial charge in [-0.1, -0.05) is 12.2 Å². The molecule has 2 aliphatic carbocycles. The van der Waals surface area contributed by atoms with E-state index in [4.69, 9.17) is 5.73 Å². The molecule has 2 bridgehead atoms. The maximum absolute atomic E-state index is 13.1. The second-order valence-corrected chi connectivity index (χ2v) is 8.52. The van der Waals surface area contributed by atoms with Gasteiger partial charge in [0.1, 0.15) is 5.82 Å². The number of rotatable bonds is 4. The average Bonchev–Trinajstić information content (AvgIpc) is 3.44. The van der Waals surface area contributed by atoms with Crippen molar-refractivity contribution < 1.29 is 14.0 Å². The number of anilines is 1. The van der Waals surface area contributed by atoms with E-state index >= 15 is 0 Å². The lowest BCUT2D eigenvalue weighted by Gasteiger charge is -2.36. The highest BCUT2D eigenvalue weighted by molar-refractivity contribution is 6.06. The Morgan fingerprint density at radius 2 is 1.60 bits per heavy atom. The van der Waals surface area contributed by atoms with Crippen molar-refractivity contribution in [2.75, 3.05) is 44.2 Å². The minimum atomic E-state index is -0.240. The van der Waals surface area contributed by atoms with Gasteiger partial charge in [-0.3, -0.25) is 19.5 Å². The predicted molar refractivity (Wildman–Crippen MR) is 111 cm³/mol. The number of carbonyl (C=O) groups excluding carboxylic acids is 2. The van der Waals surface area contributed by atoms with Gasteiger partial charge in [0, 0.05) is 38.4 Å². The van der Waals surface area contributed by atoms with Gasteiger partial charge in [0.15, 0.2) is 5.96 Å². The van der Waals surface area contributed by atoms with Gasteiger partial charge in [-0.2, -0.15) is 0 Å². The summed E-state index contributed by atoms with van der Waals surface area (Å²) in [6.07, 6.45) is 5.14. The SMILES string of the molecule is NC(=NCCN1C(=O)C2C3C=CC(C3)C2C1=O)N1CCN(c2ccc(F)cc2)CC1. The number of nitrogens with two attached hydrogens (primary N) is 1. The van der Waals surface area contributed by atoms with Gasteiger partial charge in [0.25, 0.3) is 0 Å². The van der Waals surface area contributed by atoms with Crippen molar-refractivity contribution in [1.82, 2.24) is 9.80 Å². The zero-order valence-corrected chi connectivity index (χ0v) is 16.8. The molecule has 5 rings (SSSR count). The first kappa shape index (κ1) is 19.1. The van der Waals surface area contributed by atoms with Crippen LogP contribution in [-0.2, 0) is 9.59 Å². The van der Waals surface area contributed by atoms with Gasteiger partial charge in [0.05, 0.1) is 18.4 Å². The summed E-state index contributed by atoms with van der Waals surface area (Å²) >= 11 is 0. The molecule has 4 atom stereocenters. The van der Waals surface area contributed by atoms with Crippen LogP contribution in [0.25, 0.3) is 0 Å². The van der Waals surface area contributed by atoms with Crippen LogP contribution in [0.5, 0.6) is 0 Å². The van der Waals surface area contributed by atoms with Crippen molar-refractivity contribution in [1.29, 1.82) is 0 Å². The van der Waals surface area contributed by atoms with Gasteiger partial charge in [-0.05, 0) is 42.5 Å². The summed E-state index contributed by atoms with van der Waals surface area (Å²) in [4.78, 5) is 35.4. The molecule has 0 radical (unpaired) electrons. The van der Waals surface area contributed by atoms with Crippen molar-refractivity contribution in [2.45, 2.75) is 6.42 Å². The highest BCUT2D eigenvalue weighted by Gasteiger charge is 2.58. The van der Waals surface area contributed by atoms with E-state index in [1.54, 1.807) is 12.1 Å². The Morgan fingerprint density at radius 1 is 1.00 bits per heavy atom. The first-order valence-electron chi connectivity index (χ1n) is 10.6. The third-order valence-electron chi connectivity index (χ3n) is 6.95. The van der Waals surface area contributed by atoms with Gasteiger partial charge in [0.2, 0.25) is 11.8 Å². The van der Waals surface area contributed by atoms with E-state index in [0.29, 0.717) is 32.1 Å². The number of hydrogen-bond donors (Lipinski definition) is 1. The summed E-state index contributed by atoms with van der Waals surface area (Å²) < 4.78 is 13.1. The molecule has 30 heavy (non-hydrogen) atoms. The number of imide groups is 1. The van der Waals surface area contributed by atoms with Gasteiger partial charge < -0.3 is 15.5 Å². The van der Waals surface area contributed by atoms with Crippen molar-refractivity contribution in [3.8, 4) is 0 Å². The van der Waals surface area contributed by atoms with E-state index in [-0.39, 0.29) is 41.3 Å². The summed E-state index contributed by atoms with van der Waals surface area (Å²) in [5.74, 6) is 0.264. The Morgan fingerprint density at radius 3 is 2.20 bits per heavy atom. The topological polar surface area (TPSA) is 82.2 Å². The lowest BCUT2D eigenvalue weighted by Crippen LogP contribution is -2.51. The maximum atomic E-state index is 13.1. The molecule has 2 heterocycles. The fourth-order valence-electron chi connectivity index (χ4n) is 5.39. The number of aliphatic imine (C=N–C) groups is 1. The third-order valence-corrected chi connectivity index (χ3v) is 6.95. The number of guanidine groups is 1. The first-order chi connectivity index (χ1) is 14.5. The molecule has 2 saturated heterocycles. The molecule has 1 saturated carbocycles. The number of allylic oxidation sites excluding steroid dienone is 2. The van der Waals surface area contributed by atoms with E-state index in [1.807, 2.05) is 4.90 Å². The minimum absolute atomic E-state index is 0.0384. The van der Waals surface area contributed by atoms with Crippen LogP contribution in [0, 0.1) is 29.5 Å².